The van der Waals surface area contributed by atoms with Crippen LogP contribution in [0.1, 0.15) is 30.9 Å². The number of benzene rings is 2. The number of aliphatic hydroxyl groups is 1. The minimum absolute atomic E-state index is 0.00836. The predicted octanol–water partition coefficient (Wildman–Crippen LogP) is 3.01. The monoisotopic (exact) mass is 410 g/mol. The molecule has 30 heavy (non-hydrogen) atoms. The molecule has 7 nitrogen and oxygen atoms in total. The van der Waals surface area contributed by atoms with Crippen LogP contribution in [0.3, 0.4) is 0 Å². The molecule has 0 aliphatic carbocycles. The lowest BCUT2D eigenvalue weighted by Crippen LogP contribution is -2.35. The lowest BCUT2D eigenvalue weighted by Gasteiger charge is -2.16. The highest BCUT2D eigenvalue weighted by Gasteiger charge is 2.34. The normalized spacial score (nSPS) is 14.9. The SMILES string of the molecule is CCCOc1ccc(/C=C2/C(=O)NN(c3ccccc3)C2=O)c(OCCCO)c1C. The zero-order valence-electron chi connectivity index (χ0n) is 17.2. The number of ether oxygens (including phenoxy) is 2. The Hall–Kier alpha value is -3.32. The maximum atomic E-state index is 12.9. The van der Waals surface area contributed by atoms with Crippen molar-refractivity contribution in [3.63, 3.8) is 0 Å². The summed E-state index contributed by atoms with van der Waals surface area (Å²) in [5, 5.41) is 10.3. The van der Waals surface area contributed by atoms with Crippen LogP contribution in [0.25, 0.3) is 6.08 Å². The molecule has 7 heteroatoms. The van der Waals surface area contributed by atoms with E-state index >= 15 is 0 Å². The molecule has 0 unspecified atom stereocenters. The van der Waals surface area contributed by atoms with Crippen LogP contribution in [-0.2, 0) is 9.59 Å². The summed E-state index contributed by atoms with van der Waals surface area (Å²) < 4.78 is 11.7. The van der Waals surface area contributed by atoms with E-state index in [1.807, 2.05) is 26.0 Å². The Morgan fingerprint density at radius 3 is 2.53 bits per heavy atom. The van der Waals surface area contributed by atoms with Crippen molar-refractivity contribution in [3.8, 4) is 11.5 Å². The number of nitrogens with zero attached hydrogens (tertiary/aromatic N) is 1. The van der Waals surface area contributed by atoms with Gasteiger partial charge in [0.15, 0.2) is 0 Å². The number of amides is 2. The molecule has 0 radical (unpaired) electrons. The minimum atomic E-state index is -0.478. The molecule has 1 saturated heterocycles. The van der Waals surface area contributed by atoms with Gasteiger partial charge in [0, 0.05) is 24.2 Å². The van der Waals surface area contributed by atoms with Gasteiger partial charge >= 0.3 is 0 Å². The van der Waals surface area contributed by atoms with Crippen molar-refractivity contribution >= 4 is 23.6 Å². The van der Waals surface area contributed by atoms with Crippen LogP contribution in [0.5, 0.6) is 11.5 Å². The highest BCUT2D eigenvalue weighted by molar-refractivity contribution is 6.31. The molecule has 0 aromatic heterocycles. The minimum Gasteiger partial charge on any atom is -0.493 e. The third-order valence-corrected chi connectivity index (χ3v) is 4.60. The van der Waals surface area contributed by atoms with Crippen LogP contribution in [0.2, 0.25) is 0 Å². The van der Waals surface area contributed by atoms with Gasteiger partial charge in [0.1, 0.15) is 17.1 Å². The first-order valence-corrected chi connectivity index (χ1v) is 9.99. The molecular formula is C23H26N2O5. The number of hydrogen-bond acceptors (Lipinski definition) is 5. The fourth-order valence-corrected chi connectivity index (χ4v) is 3.08. The van der Waals surface area contributed by atoms with Crippen LogP contribution in [0, 0.1) is 6.92 Å². The molecule has 0 bridgehead atoms. The second kappa shape index (κ2) is 9.93. The molecule has 1 aliphatic heterocycles. The number of aliphatic hydroxyl groups excluding tert-OH is 1. The smallest absolute Gasteiger partial charge is 0.282 e. The van der Waals surface area contributed by atoms with Crippen molar-refractivity contribution in [2.45, 2.75) is 26.7 Å². The first-order chi connectivity index (χ1) is 14.6. The summed E-state index contributed by atoms with van der Waals surface area (Å²) in [6, 6.07) is 12.5. The van der Waals surface area contributed by atoms with Crippen molar-refractivity contribution < 1.29 is 24.2 Å². The summed E-state index contributed by atoms with van der Waals surface area (Å²) in [5.41, 5.74) is 4.58. The molecule has 2 N–H and O–H groups in total. The molecule has 2 amide bonds. The standard InChI is InChI=1S/C23H26N2O5/c1-3-13-29-20-11-10-17(21(16(20)2)30-14-7-12-26)15-19-22(27)24-25(23(19)28)18-8-5-4-6-9-18/h4-6,8-11,15,26H,3,7,12-14H2,1-2H3,(H,24,27)/b19-15-. The quantitative estimate of drug-likeness (QED) is 0.377. The summed E-state index contributed by atoms with van der Waals surface area (Å²) in [6.07, 6.45) is 2.87. The Balaban J connectivity index is 1.95. The molecule has 0 saturated carbocycles. The zero-order valence-corrected chi connectivity index (χ0v) is 17.2. The maximum absolute atomic E-state index is 12.9. The second-order valence-electron chi connectivity index (χ2n) is 6.86. The van der Waals surface area contributed by atoms with Gasteiger partial charge in [-0.1, -0.05) is 25.1 Å². The lowest BCUT2D eigenvalue weighted by atomic mass is 10.0. The highest BCUT2D eigenvalue weighted by atomic mass is 16.5. The number of hydrogen-bond donors (Lipinski definition) is 2. The van der Waals surface area contributed by atoms with E-state index in [0.29, 0.717) is 42.4 Å². The zero-order chi connectivity index (χ0) is 21.5. The topological polar surface area (TPSA) is 88.1 Å². The Kier molecular flexibility index (Phi) is 7.08. The maximum Gasteiger partial charge on any atom is 0.282 e. The summed E-state index contributed by atoms with van der Waals surface area (Å²) in [7, 11) is 0. The van der Waals surface area contributed by atoms with Crippen molar-refractivity contribution in [2.24, 2.45) is 0 Å². The van der Waals surface area contributed by atoms with Gasteiger partial charge in [-0.2, -0.15) is 0 Å². The van der Waals surface area contributed by atoms with Gasteiger partial charge < -0.3 is 14.6 Å². The molecular weight excluding hydrogens is 384 g/mol. The van der Waals surface area contributed by atoms with Crippen LogP contribution in [0.4, 0.5) is 5.69 Å². The largest absolute Gasteiger partial charge is 0.493 e. The van der Waals surface area contributed by atoms with E-state index < -0.39 is 11.8 Å². The number of nitrogens with one attached hydrogen (secondary N) is 1. The van der Waals surface area contributed by atoms with E-state index in [1.165, 1.54) is 11.1 Å². The fraction of sp³-hybridized carbons (Fsp3) is 0.304. The molecule has 3 rings (SSSR count). The van der Waals surface area contributed by atoms with E-state index in [-0.39, 0.29) is 12.2 Å². The number of carbonyl (C=O) groups excluding carboxylic acids is 2. The summed E-state index contributed by atoms with van der Waals surface area (Å²) in [6.45, 7) is 4.78. The number of carbonyl (C=O) groups is 2. The predicted molar refractivity (Wildman–Crippen MR) is 114 cm³/mol. The van der Waals surface area contributed by atoms with Gasteiger partial charge in [0.2, 0.25) is 0 Å². The number of para-hydroxylation sites is 1. The summed E-state index contributed by atoms with van der Waals surface area (Å²) >= 11 is 0. The Morgan fingerprint density at radius 1 is 1.07 bits per heavy atom. The van der Waals surface area contributed by atoms with Crippen molar-refractivity contribution in [3.05, 3.63) is 59.2 Å². The van der Waals surface area contributed by atoms with Crippen molar-refractivity contribution in [1.29, 1.82) is 0 Å². The summed E-state index contributed by atoms with van der Waals surface area (Å²) in [4.78, 5) is 25.4. The molecule has 1 aliphatic rings. The van der Waals surface area contributed by atoms with Crippen LogP contribution >= 0.6 is 0 Å². The number of anilines is 1. The van der Waals surface area contributed by atoms with Crippen LogP contribution in [-0.4, -0.2) is 36.7 Å². The molecule has 0 atom stereocenters. The Bertz CT molecular complexity index is 940. The first-order valence-electron chi connectivity index (χ1n) is 9.99. The van der Waals surface area contributed by atoms with Gasteiger partial charge in [-0.25, -0.2) is 5.01 Å². The van der Waals surface area contributed by atoms with E-state index in [0.717, 1.165) is 12.0 Å². The average molecular weight is 410 g/mol. The second-order valence-corrected chi connectivity index (χ2v) is 6.86. The highest BCUT2D eigenvalue weighted by Crippen LogP contribution is 2.34. The van der Waals surface area contributed by atoms with Crippen molar-refractivity contribution in [1.82, 2.24) is 5.43 Å². The third kappa shape index (κ3) is 4.63. The fourth-order valence-electron chi connectivity index (χ4n) is 3.08. The molecule has 2 aromatic rings. The molecule has 1 heterocycles. The number of rotatable bonds is 9. The van der Waals surface area contributed by atoms with Gasteiger partial charge in [-0.15, -0.1) is 0 Å². The summed E-state index contributed by atoms with van der Waals surface area (Å²) in [5.74, 6) is 0.306. The van der Waals surface area contributed by atoms with E-state index in [2.05, 4.69) is 5.43 Å². The van der Waals surface area contributed by atoms with Crippen molar-refractivity contribution in [2.75, 3.05) is 24.8 Å². The van der Waals surface area contributed by atoms with E-state index in [1.54, 1.807) is 30.3 Å². The molecule has 1 fully saturated rings. The van der Waals surface area contributed by atoms with Crippen LogP contribution in [0.15, 0.2) is 48.0 Å². The number of hydrazine groups is 1. The molecule has 2 aromatic carbocycles. The van der Waals surface area contributed by atoms with Crippen LogP contribution < -0.4 is 19.9 Å². The molecule has 0 spiro atoms. The van der Waals surface area contributed by atoms with Gasteiger partial charge in [0.25, 0.3) is 11.8 Å². The third-order valence-electron chi connectivity index (χ3n) is 4.60. The Labute approximate surface area is 175 Å². The average Bonchev–Trinajstić information content (AvgIpc) is 3.04. The lowest BCUT2D eigenvalue weighted by molar-refractivity contribution is -0.117. The van der Waals surface area contributed by atoms with Gasteiger partial charge in [-0.3, -0.25) is 15.0 Å². The molecule has 158 valence electrons. The van der Waals surface area contributed by atoms with Gasteiger partial charge in [0.05, 0.1) is 18.9 Å². The van der Waals surface area contributed by atoms with E-state index in [4.69, 9.17) is 14.6 Å². The first kappa shape index (κ1) is 21.4. The Morgan fingerprint density at radius 2 is 1.83 bits per heavy atom. The van der Waals surface area contributed by atoms with Gasteiger partial charge in [-0.05, 0) is 43.7 Å². The van der Waals surface area contributed by atoms with E-state index in [9.17, 15) is 9.59 Å².